The summed E-state index contributed by atoms with van der Waals surface area (Å²) in [7, 11) is 5.50. The van der Waals surface area contributed by atoms with Gasteiger partial charge in [-0.2, -0.15) is 5.26 Å². The molecule has 0 aliphatic carbocycles. The summed E-state index contributed by atoms with van der Waals surface area (Å²) in [5.74, 6) is 3.09. The van der Waals surface area contributed by atoms with E-state index >= 15 is 0 Å². The highest BCUT2D eigenvalue weighted by Gasteiger charge is 2.17. The lowest BCUT2D eigenvalue weighted by Crippen LogP contribution is -2.33. The van der Waals surface area contributed by atoms with Crippen molar-refractivity contribution in [3.8, 4) is 23.3 Å². The van der Waals surface area contributed by atoms with Crippen molar-refractivity contribution < 1.29 is 23.7 Å². The maximum atomic E-state index is 10.8. The largest absolute Gasteiger partial charge is 0.497 e. The summed E-state index contributed by atoms with van der Waals surface area (Å²) in [5.41, 5.74) is 0.597. The van der Waals surface area contributed by atoms with Crippen LogP contribution in [0.2, 0.25) is 0 Å². The van der Waals surface area contributed by atoms with Gasteiger partial charge in [-0.3, -0.25) is 4.79 Å². The second kappa shape index (κ2) is 17.2. The molecule has 0 aromatic heterocycles. The summed E-state index contributed by atoms with van der Waals surface area (Å²) in [6, 6.07) is 16.9. The molecule has 0 radical (unpaired) electrons. The molecule has 0 atom stereocenters. The first kappa shape index (κ1) is 29.0. The van der Waals surface area contributed by atoms with Crippen LogP contribution in [0.1, 0.15) is 24.8 Å². The molecular formula is C28H39N3O5. The van der Waals surface area contributed by atoms with E-state index in [1.807, 2.05) is 41.3 Å². The van der Waals surface area contributed by atoms with Gasteiger partial charge in [-0.15, -0.1) is 0 Å². The van der Waals surface area contributed by atoms with Crippen molar-refractivity contribution in [2.24, 2.45) is 5.92 Å². The predicted octanol–water partition coefficient (Wildman–Crippen LogP) is 3.85. The third-order valence-corrected chi connectivity index (χ3v) is 6.04. The molecule has 36 heavy (non-hydrogen) atoms. The summed E-state index contributed by atoms with van der Waals surface area (Å²) in [6.45, 7) is 5.76. The molecule has 0 spiro atoms. The van der Waals surface area contributed by atoms with Gasteiger partial charge in [0.25, 0.3) is 0 Å². The summed E-state index contributed by atoms with van der Waals surface area (Å²) >= 11 is 0. The highest BCUT2D eigenvalue weighted by molar-refractivity contribution is 5.47. The van der Waals surface area contributed by atoms with E-state index in [9.17, 15) is 4.79 Å². The molecule has 2 aromatic rings. The fourth-order valence-corrected chi connectivity index (χ4v) is 3.79. The maximum absolute atomic E-state index is 10.8. The lowest BCUT2D eigenvalue weighted by Gasteiger charge is -2.30. The summed E-state index contributed by atoms with van der Waals surface area (Å²) in [4.78, 5) is 15.0. The number of ether oxygens (including phenoxy) is 4. The molecule has 2 heterocycles. The number of fused-ring (bicyclic) bond motifs is 1. The number of carbonyl (C=O) groups is 1. The molecule has 8 nitrogen and oxygen atoms in total. The number of para-hydroxylation sites is 1. The Hall–Kier alpha value is -3.28. The number of carbonyl (C=O) groups excluding carboxylic acids is 1. The van der Waals surface area contributed by atoms with Crippen LogP contribution in [0.15, 0.2) is 48.5 Å². The molecule has 0 N–H and O–H groups in total. The molecule has 0 saturated carbocycles. The van der Waals surface area contributed by atoms with E-state index in [-0.39, 0.29) is 0 Å². The molecule has 1 fully saturated rings. The van der Waals surface area contributed by atoms with Gasteiger partial charge in [0.1, 0.15) is 19.0 Å². The fraction of sp³-hybridized carbons (Fsp3) is 0.500. The van der Waals surface area contributed by atoms with Crippen molar-refractivity contribution in [3.63, 3.8) is 0 Å². The van der Waals surface area contributed by atoms with Gasteiger partial charge in [-0.1, -0.05) is 18.2 Å². The summed E-state index contributed by atoms with van der Waals surface area (Å²) in [5, 5.41) is 8.59. The SMILES string of the molecule is COCCN(C=O)CCC1CCN(C)CC1.COc1ccccc1.N#Cc1ccc2c(c1)OCCO2. The quantitative estimate of drug-likeness (QED) is 0.512. The smallest absolute Gasteiger partial charge is 0.209 e. The minimum absolute atomic E-state index is 0.557. The Kier molecular flexibility index (Phi) is 13.8. The highest BCUT2D eigenvalue weighted by Crippen LogP contribution is 2.30. The van der Waals surface area contributed by atoms with Crippen LogP contribution in [-0.2, 0) is 9.53 Å². The number of benzene rings is 2. The van der Waals surface area contributed by atoms with E-state index < -0.39 is 0 Å². The Morgan fingerprint density at radius 1 is 1.06 bits per heavy atom. The maximum Gasteiger partial charge on any atom is 0.209 e. The van der Waals surface area contributed by atoms with Crippen LogP contribution in [0, 0.1) is 17.2 Å². The lowest BCUT2D eigenvalue weighted by molar-refractivity contribution is -0.118. The van der Waals surface area contributed by atoms with Crippen LogP contribution in [0.4, 0.5) is 0 Å². The zero-order valence-electron chi connectivity index (χ0n) is 21.7. The molecule has 2 aromatic carbocycles. The first-order valence-corrected chi connectivity index (χ1v) is 12.3. The van der Waals surface area contributed by atoms with Gasteiger partial charge in [0, 0.05) is 26.3 Å². The number of rotatable bonds is 8. The number of nitriles is 1. The Bertz CT molecular complexity index is 911. The van der Waals surface area contributed by atoms with Gasteiger partial charge in [0.2, 0.25) is 6.41 Å². The third kappa shape index (κ3) is 11.0. The lowest BCUT2D eigenvalue weighted by atomic mass is 9.94. The van der Waals surface area contributed by atoms with Crippen molar-refractivity contribution >= 4 is 6.41 Å². The monoisotopic (exact) mass is 497 g/mol. The Balaban J connectivity index is 0.000000201. The Morgan fingerprint density at radius 2 is 1.75 bits per heavy atom. The summed E-state index contributed by atoms with van der Waals surface area (Å²) < 4.78 is 20.5. The number of hydrogen-bond donors (Lipinski definition) is 0. The molecule has 1 amide bonds. The second-order valence-electron chi connectivity index (χ2n) is 8.66. The molecule has 0 unspecified atom stereocenters. The van der Waals surface area contributed by atoms with Gasteiger partial charge in [-0.05, 0) is 69.6 Å². The minimum Gasteiger partial charge on any atom is -0.497 e. The zero-order chi connectivity index (χ0) is 26.0. The third-order valence-electron chi connectivity index (χ3n) is 6.04. The molecule has 1 saturated heterocycles. The van der Waals surface area contributed by atoms with Gasteiger partial charge in [0.05, 0.1) is 25.3 Å². The van der Waals surface area contributed by atoms with E-state index in [4.69, 9.17) is 24.2 Å². The van der Waals surface area contributed by atoms with Crippen LogP contribution in [0.25, 0.3) is 0 Å². The Labute approximate surface area is 215 Å². The first-order valence-electron chi connectivity index (χ1n) is 12.3. The predicted molar refractivity (Wildman–Crippen MR) is 139 cm³/mol. The van der Waals surface area contributed by atoms with Gasteiger partial charge in [-0.25, -0.2) is 0 Å². The number of likely N-dealkylation sites (tertiary alicyclic amines) is 1. The van der Waals surface area contributed by atoms with Gasteiger partial charge >= 0.3 is 0 Å². The van der Waals surface area contributed by atoms with Crippen LogP contribution in [0.5, 0.6) is 17.2 Å². The van der Waals surface area contributed by atoms with Crippen LogP contribution in [-0.4, -0.2) is 83.5 Å². The topological polar surface area (TPSA) is 84.3 Å². The van der Waals surface area contributed by atoms with Crippen molar-refractivity contribution in [2.75, 3.05) is 67.3 Å². The number of methoxy groups -OCH3 is 2. The molecular weight excluding hydrogens is 458 g/mol. The van der Waals surface area contributed by atoms with Crippen molar-refractivity contribution in [1.29, 1.82) is 5.26 Å². The molecule has 2 aliphatic rings. The summed E-state index contributed by atoms with van der Waals surface area (Å²) in [6.07, 6.45) is 4.62. The van der Waals surface area contributed by atoms with Crippen LogP contribution in [0.3, 0.4) is 0 Å². The van der Waals surface area contributed by atoms with Gasteiger partial charge < -0.3 is 28.7 Å². The first-order chi connectivity index (χ1) is 17.6. The van der Waals surface area contributed by atoms with E-state index in [2.05, 4.69) is 11.9 Å². The van der Waals surface area contributed by atoms with Crippen molar-refractivity contribution in [2.45, 2.75) is 19.3 Å². The van der Waals surface area contributed by atoms with Crippen LogP contribution < -0.4 is 14.2 Å². The van der Waals surface area contributed by atoms with E-state index in [1.54, 1.807) is 32.4 Å². The second-order valence-corrected chi connectivity index (χ2v) is 8.66. The fourth-order valence-electron chi connectivity index (χ4n) is 3.79. The van der Waals surface area contributed by atoms with Crippen molar-refractivity contribution in [3.05, 3.63) is 54.1 Å². The number of nitrogens with zero attached hydrogens (tertiary/aromatic N) is 3. The average molecular weight is 498 g/mol. The number of hydrogen-bond acceptors (Lipinski definition) is 7. The van der Waals surface area contributed by atoms with Crippen LogP contribution >= 0.6 is 0 Å². The number of piperidine rings is 1. The minimum atomic E-state index is 0.557. The Morgan fingerprint density at radius 3 is 2.33 bits per heavy atom. The van der Waals surface area contributed by atoms with E-state index in [0.29, 0.717) is 37.7 Å². The number of amides is 1. The normalized spacial score (nSPS) is 14.7. The zero-order valence-corrected chi connectivity index (χ0v) is 21.7. The molecule has 196 valence electrons. The molecule has 2 aliphatic heterocycles. The average Bonchev–Trinajstić information content (AvgIpc) is 2.95. The molecule has 4 rings (SSSR count). The van der Waals surface area contributed by atoms with E-state index in [1.165, 1.54) is 25.9 Å². The highest BCUT2D eigenvalue weighted by atomic mass is 16.6. The standard InChI is InChI=1S/C12H24N2O2.C9H7NO2.C7H8O/c1-13-6-3-12(4-7-13)5-8-14(11-15)9-10-16-2;10-6-7-1-2-8-9(5-7)12-4-3-11-8;1-8-7-5-3-2-4-6-7/h11-12H,3-10H2,1-2H3;1-2,5H,3-4H2;2-6H,1H3. The van der Waals surface area contributed by atoms with Gasteiger partial charge in [0.15, 0.2) is 11.5 Å². The molecule has 0 bridgehead atoms. The van der Waals surface area contributed by atoms with Crippen molar-refractivity contribution in [1.82, 2.24) is 9.80 Å². The molecule has 8 heteroatoms. The van der Waals surface area contributed by atoms with E-state index in [0.717, 1.165) is 36.8 Å².